The van der Waals surface area contributed by atoms with Crippen LogP contribution in [0.1, 0.15) is 0 Å². The third kappa shape index (κ3) is 1.14. The van der Waals surface area contributed by atoms with E-state index in [1.54, 1.807) is 0 Å². The minimum absolute atomic E-state index is 0.281. The van der Waals surface area contributed by atoms with Crippen molar-refractivity contribution in [3.05, 3.63) is 18.2 Å². The van der Waals surface area contributed by atoms with E-state index in [0.29, 0.717) is 5.58 Å². The molecule has 4 heteroatoms. The second-order valence-electron chi connectivity index (χ2n) is 2.34. The summed E-state index contributed by atoms with van der Waals surface area (Å²) in [5, 5.41) is 0. The predicted molar refractivity (Wildman–Crippen MR) is 47.8 cm³/mol. The van der Waals surface area contributed by atoms with Gasteiger partial charge >= 0.3 is 6.08 Å². The first-order valence-electron chi connectivity index (χ1n) is 3.43. The van der Waals surface area contributed by atoms with Gasteiger partial charge in [0.1, 0.15) is 5.52 Å². The van der Waals surface area contributed by atoms with Gasteiger partial charge in [0.15, 0.2) is 5.58 Å². The molecule has 12 heavy (non-hydrogen) atoms. The number of ether oxygens (including phenoxy) is 1. The Morgan fingerprint density at radius 1 is 1.50 bits per heavy atom. The monoisotopic (exact) mass is 181 g/mol. The molecule has 1 aromatic heterocycles. The third-order valence-corrected chi connectivity index (χ3v) is 1.80. The first-order valence-corrected chi connectivity index (χ1v) is 3.88. The molecular weight excluding hydrogens is 174 g/mol. The van der Waals surface area contributed by atoms with E-state index in [9.17, 15) is 0 Å². The smallest absolute Gasteiger partial charge is 0.394 e. The maximum atomic E-state index is 5.20. The van der Waals surface area contributed by atoms with E-state index in [1.807, 2.05) is 18.2 Å². The van der Waals surface area contributed by atoms with Gasteiger partial charge < -0.3 is 9.15 Å². The van der Waals surface area contributed by atoms with Crippen molar-refractivity contribution in [2.75, 3.05) is 7.11 Å². The highest BCUT2D eigenvalue weighted by atomic mass is 32.1. The lowest BCUT2D eigenvalue weighted by Gasteiger charge is -1.86. The summed E-state index contributed by atoms with van der Waals surface area (Å²) >= 11 is 4.18. The van der Waals surface area contributed by atoms with Crippen molar-refractivity contribution in [3.63, 3.8) is 0 Å². The fraction of sp³-hybridized carbons (Fsp3) is 0.125. The van der Waals surface area contributed by atoms with E-state index in [-0.39, 0.29) is 6.08 Å². The quantitative estimate of drug-likeness (QED) is 0.684. The lowest BCUT2D eigenvalue weighted by molar-refractivity contribution is 0.299. The summed E-state index contributed by atoms with van der Waals surface area (Å²) in [6.45, 7) is 0. The minimum Gasteiger partial charge on any atom is -0.453 e. The van der Waals surface area contributed by atoms with Crippen molar-refractivity contribution in [2.45, 2.75) is 4.90 Å². The van der Waals surface area contributed by atoms with E-state index in [2.05, 4.69) is 17.6 Å². The van der Waals surface area contributed by atoms with Crippen molar-refractivity contribution < 1.29 is 9.15 Å². The van der Waals surface area contributed by atoms with E-state index >= 15 is 0 Å². The zero-order valence-corrected chi connectivity index (χ0v) is 7.34. The van der Waals surface area contributed by atoms with Crippen LogP contribution in [0.15, 0.2) is 27.5 Å². The van der Waals surface area contributed by atoms with Crippen LogP contribution < -0.4 is 4.74 Å². The molecule has 0 amide bonds. The molecule has 0 saturated heterocycles. The van der Waals surface area contributed by atoms with Crippen LogP contribution in [-0.2, 0) is 0 Å². The zero-order chi connectivity index (χ0) is 8.55. The van der Waals surface area contributed by atoms with Crippen LogP contribution in [0.3, 0.4) is 0 Å². The second-order valence-corrected chi connectivity index (χ2v) is 2.85. The normalized spacial score (nSPS) is 10.5. The minimum atomic E-state index is 0.281. The van der Waals surface area contributed by atoms with Gasteiger partial charge in [-0.2, -0.15) is 4.98 Å². The maximum Gasteiger partial charge on any atom is 0.394 e. The number of rotatable bonds is 1. The first-order chi connectivity index (χ1) is 5.79. The molecular formula is C8H7NO2S. The van der Waals surface area contributed by atoms with Crippen molar-refractivity contribution in [3.8, 4) is 6.08 Å². The lowest BCUT2D eigenvalue weighted by Crippen LogP contribution is -1.79. The molecule has 3 nitrogen and oxygen atoms in total. The Labute approximate surface area is 74.8 Å². The molecule has 0 aliphatic rings. The third-order valence-electron chi connectivity index (χ3n) is 1.53. The Morgan fingerprint density at radius 3 is 3.08 bits per heavy atom. The Kier molecular flexibility index (Phi) is 1.69. The molecule has 62 valence electrons. The highest BCUT2D eigenvalue weighted by Gasteiger charge is 2.04. The summed E-state index contributed by atoms with van der Waals surface area (Å²) in [6.07, 6.45) is 0.281. The number of nitrogens with zero attached hydrogens (tertiary/aromatic N) is 1. The molecule has 1 aromatic carbocycles. The van der Waals surface area contributed by atoms with Gasteiger partial charge in [0.25, 0.3) is 0 Å². The van der Waals surface area contributed by atoms with Crippen LogP contribution in [0.4, 0.5) is 0 Å². The summed E-state index contributed by atoms with van der Waals surface area (Å²) < 4.78 is 10.0. The summed E-state index contributed by atoms with van der Waals surface area (Å²) in [7, 11) is 1.52. The van der Waals surface area contributed by atoms with Gasteiger partial charge in [-0.15, -0.1) is 12.6 Å². The average Bonchev–Trinajstić information content (AvgIpc) is 2.46. The molecule has 0 radical (unpaired) electrons. The van der Waals surface area contributed by atoms with E-state index < -0.39 is 0 Å². The number of benzene rings is 1. The Bertz CT molecular complexity index is 410. The fourth-order valence-corrected chi connectivity index (χ4v) is 1.18. The van der Waals surface area contributed by atoms with Gasteiger partial charge in [-0.05, 0) is 18.2 Å². The van der Waals surface area contributed by atoms with Crippen LogP contribution >= 0.6 is 12.6 Å². The van der Waals surface area contributed by atoms with Gasteiger partial charge in [0.05, 0.1) is 7.11 Å². The molecule has 2 aromatic rings. The Morgan fingerprint density at radius 2 is 2.33 bits per heavy atom. The van der Waals surface area contributed by atoms with Crippen LogP contribution in [0.2, 0.25) is 0 Å². The molecule has 0 spiro atoms. The van der Waals surface area contributed by atoms with Crippen LogP contribution in [0, 0.1) is 0 Å². The van der Waals surface area contributed by atoms with Gasteiger partial charge in [-0.1, -0.05) is 0 Å². The number of methoxy groups -OCH3 is 1. The summed E-state index contributed by atoms with van der Waals surface area (Å²) in [4.78, 5) is 4.91. The molecule has 0 fully saturated rings. The molecule has 0 N–H and O–H groups in total. The standard InChI is InChI=1S/C8H7NO2S/c1-10-8-9-6-4-5(12)2-3-7(6)11-8/h2-4,12H,1H3. The van der Waals surface area contributed by atoms with E-state index in [0.717, 1.165) is 10.4 Å². The van der Waals surface area contributed by atoms with Gasteiger partial charge in [0, 0.05) is 4.90 Å². The number of thiol groups is 1. The highest BCUT2D eigenvalue weighted by Crippen LogP contribution is 2.22. The number of fused-ring (bicyclic) bond motifs is 1. The number of aromatic nitrogens is 1. The second kappa shape index (κ2) is 2.71. The summed E-state index contributed by atoms with van der Waals surface area (Å²) in [6, 6.07) is 5.48. The van der Waals surface area contributed by atoms with Gasteiger partial charge in [0.2, 0.25) is 0 Å². The number of oxazole rings is 1. The van der Waals surface area contributed by atoms with Gasteiger partial charge in [-0.3, -0.25) is 0 Å². The number of hydrogen-bond donors (Lipinski definition) is 1. The first kappa shape index (κ1) is 7.49. The van der Waals surface area contributed by atoms with Crippen molar-refractivity contribution >= 4 is 23.7 Å². The average molecular weight is 181 g/mol. The van der Waals surface area contributed by atoms with Crippen molar-refractivity contribution in [1.82, 2.24) is 4.98 Å². The predicted octanol–water partition coefficient (Wildman–Crippen LogP) is 2.13. The van der Waals surface area contributed by atoms with Crippen molar-refractivity contribution in [2.24, 2.45) is 0 Å². The van der Waals surface area contributed by atoms with Crippen molar-refractivity contribution in [1.29, 1.82) is 0 Å². The Balaban J connectivity index is 2.67. The fourth-order valence-electron chi connectivity index (χ4n) is 0.982. The summed E-state index contributed by atoms with van der Waals surface area (Å²) in [5.74, 6) is 0. The Hall–Kier alpha value is -1.16. The SMILES string of the molecule is COc1nc2cc(S)ccc2o1. The van der Waals surface area contributed by atoms with Crippen LogP contribution in [-0.4, -0.2) is 12.1 Å². The molecule has 2 rings (SSSR count). The lowest BCUT2D eigenvalue weighted by atomic mass is 10.3. The maximum absolute atomic E-state index is 5.20. The van der Waals surface area contributed by atoms with Crippen LogP contribution in [0.5, 0.6) is 6.08 Å². The zero-order valence-electron chi connectivity index (χ0n) is 6.44. The molecule has 1 heterocycles. The molecule has 0 bridgehead atoms. The van der Waals surface area contributed by atoms with Crippen LogP contribution in [0.25, 0.3) is 11.1 Å². The molecule has 0 aliphatic heterocycles. The molecule has 0 saturated carbocycles. The number of hydrogen-bond acceptors (Lipinski definition) is 4. The topological polar surface area (TPSA) is 35.3 Å². The largest absolute Gasteiger partial charge is 0.453 e. The van der Waals surface area contributed by atoms with E-state index in [1.165, 1.54) is 7.11 Å². The highest BCUT2D eigenvalue weighted by molar-refractivity contribution is 7.80. The molecule has 0 unspecified atom stereocenters. The molecule has 0 atom stereocenters. The molecule has 0 aliphatic carbocycles. The van der Waals surface area contributed by atoms with Gasteiger partial charge in [-0.25, -0.2) is 0 Å². The summed E-state index contributed by atoms with van der Waals surface area (Å²) in [5.41, 5.74) is 1.48. The van der Waals surface area contributed by atoms with E-state index in [4.69, 9.17) is 9.15 Å².